The molecule has 1 atom stereocenters. The Labute approximate surface area is 76.1 Å². The van der Waals surface area contributed by atoms with Gasteiger partial charge in [0.25, 0.3) is 0 Å². The summed E-state index contributed by atoms with van der Waals surface area (Å²) in [5.41, 5.74) is 0.415. The first-order chi connectivity index (χ1) is 5.29. The van der Waals surface area contributed by atoms with Crippen LogP contribution in [-0.4, -0.2) is 44.4 Å². The van der Waals surface area contributed by atoms with E-state index in [9.17, 15) is 0 Å². The third-order valence-corrected chi connectivity index (χ3v) is 2.00. The fourth-order valence-electron chi connectivity index (χ4n) is 2.07. The van der Waals surface area contributed by atoms with E-state index in [1.165, 1.54) is 6.54 Å². The van der Waals surface area contributed by atoms with Gasteiger partial charge in [0.1, 0.15) is 12.6 Å². The van der Waals surface area contributed by atoms with Crippen molar-refractivity contribution in [3.63, 3.8) is 0 Å². The van der Waals surface area contributed by atoms with Crippen LogP contribution in [0.3, 0.4) is 0 Å². The highest BCUT2D eigenvalue weighted by atomic mass is 16.6. The third kappa shape index (κ3) is 4.07. The van der Waals surface area contributed by atoms with E-state index in [0.717, 1.165) is 17.6 Å². The second-order valence-electron chi connectivity index (χ2n) is 5.79. The molecule has 1 aliphatic rings. The van der Waals surface area contributed by atoms with Crippen LogP contribution in [0.1, 0.15) is 20.8 Å². The summed E-state index contributed by atoms with van der Waals surface area (Å²) in [5, 5.41) is 0. The van der Waals surface area contributed by atoms with Gasteiger partial charge in [0.2, 0.25) is 0 Å². The molecular weight excluding hydrogens is 150 g/mol. The van der Waals surface area contributed by atoms with Crippen molar-refractivity contribution in [2.45, 2.75) is 26.9 Å². The Balaban J connectivity index is 2.35. The largest absolute Gasteiger partial charge is 0.367 e. The van der Waals surface area contributed by atoms with Gasteiger partial charge in [0.05, 0.1) is 27.2 Å². The smallest absolute Gasteiger partial charge is 0.130 e. The van der Waals surface area contributed by atoms with E-state index < -0.39 is 0 Å². The van der Waals surface area contributed by atoms with E-state index in [4.69, 9.17) is 4.74 Å². The number of ether oxygens (including phenoxy) is 1. The van der Waals surface area contributed by atoms with Crippen LogP contribution in [0.25, 0.3) is 0 Å². The quantitative estimate of drug-likeness (QED) is 0.464. The molecule has 0 aromatic carbocycles. The summed E-state index contributed by atoms with van der Waals surface area (Å²) < 4.78 is 6.32. The van der Waals surface area contributed by atoms with Gasteiger partial charge in [0, 0.05) is 5.41 Å². The minimum atomic E-state index is 0.415. The average Bonchev–Trinajstić information content (AvgIpc) is 2.39. The number of likely N-dealkylation sites (N-methyl/N-ethyl adjacent to an activating group) is 1. The van der Waals surface area contributed by atoms with Gasteiger partial charge in [-0.25, -0.2) is 0 Å². The molecule has 1 aliphatic heterocycles. The third-order valence-electron chi connectivity index (χ3n) is 2.00. The van der Waals surface area contributed by atoms with Crippen molar-refractivity contribution in [1.82, 2.24) is 0 Å². The second kappa shape index (κ2) is 3.00. The Bertz CT molecular complexity index is 154. The second-order valence-corrected chi connectivity index (χ2v) is 5.79. The monoisotopic (exact) mass is 172 g/mol. The topological polar surface area (TPSA) is 12.5 Å². The standard InChI is InChI=1S/C10H22NO/c1-10(2,3)8-11(4,5)6-9-7-12-9/h9H,6-8H2,1-5H3/q+1. The molecule has 0 aliphatic carbocycles. The molecule has 0 bridgehead atoms. The summed E-state index contributed by atoms with van der Waals surface area (Å²) in [4.78, 5) is 0. The van der Waals surface area contributed by atoms with E-state index in [-0.39, 0.29) is 0 Å². The predicted octanol–water partition coefficient (Wildman–Crippen LogP) is 1.51. The summed E-state index contributed by atoms with van der Waals surface area (Å²) in [5.74, 6) is 0. The highest BCUT2D eigenvalue weighted by Gasteiger charge is 2.33. The Morgan fingerprint density at radius 3 is 2.17 bits per heavy atom. The summed E-state index contributed by atoms with van der Waals surface area (Å²) in [6, 6.07) is 0. The lowest BCUT2D eigenvalue weighted by molar-refractivity contribution is -0.896. The van der Waals surface area contributed by atoms with Crippen molar-refractivity contribution >= 4 is 0 Å². The van der Waals surface area contributed by atoms with Crippen molar-refractivity contribution < 1.29 is 9.22 Å². The molecule has 2 nitrogen and oxygen atoms in total. The number of quaternary nitrogens is 1. The molecule has 2 heteroatoms. The molecule has 1 fully saturated rings. The van der Waals surface area contributed by atoms with Crippen molar-refractivity contribution in [2.75, 3.05) is 33.8 Å². The van der Waals surface area contributed by atoms with Crippen molar-refractivity contribution in [2.24, 2.45) is 5.41 Å². The van der Waals surface area contributed by atoms with Crippen LogP contribution < -0.4 is 0 Å². The molecule has 0 aromatic rings. The highest BCUT2D eigenvalue weighted by Crippen LogP contribution is 2.21. The Kier molecular flexibility index (Phi) is 2.50. The summed E-state index contributed by atoms with van der Waals surface area (Å²) in [7, 11) is 4.57. The first-order valence-electron chi connectivity index (χ1n) is 4.72. The lowest BCUT2D eigenvalue weighted by atomic mass is 9.95. The van der Waals surface area contributed by atoms with Gasteiger partial charge in [0.15, 0.2) is 0 Å². The maximum Gasteiger partial charge on any atom is 0.130 e. The molecule has 0 amide bonds. The zero-order chi connectivity index (χ0) is 9.41. The van der Waals surface area contributed by atoms with E-state index in [1.807, 2.05) is 0 Å². The normalized spacial score (nSPS) is 24.2. The molecule has 1 saturated heterocycles. The van der Waals surface area contributed by atoms with Crippen LogP contribution >= 0.6 is 0 Å². The lowest BCUT2D eigenvalue weighted by Crippen LogP contribution is -2.47. The first-order valence-corrected chi connectivity index (χ1v) is 4.72. The van der Waals surface area contributed by atoms with E-state index >= 15 is 0 Å². The molecule has 12 heavy (non-hydrogen) atoms. The molecule has 1 heterocycles. The minimum Gasteiger partial charge on any atom is -0.367 e. The summed E-state index contributed by atoms with van der Waals surface area (Å²) >= 11 is 0. The van der Waals surface area contributed by atoms with Crippen LogP contribution in [-0.2, 0) is 4.74 Å². The Hall–Kier alpha value is -0.0800. The van der Waals surface area contributed by atoms with Crippen LogP contribution in [0, 0.1) is 5.41 Å². The zero-order valence-corrected chi connectivity index (χ0v) is 9.05. The Morgan fingerprint density at radius 1 is 1.33 bits per heavy atom. The van der Waals surface area contributed by atoms with Crippen LogP contribution in [0.15, 0.2) is 0 Å². The Morgan fingerprint density at radius 2 is 1.83 bits per heavy atom. The molecule has 1 rings (SSSR count). The maximum atomic E-state index is 5.24. The first kappa shape index (κ1) is 10.0. The SMILES string of the molecule is CC(C)(C)C[N+](C)(C)CC1CO1. The molecule has 1 unspecified atom stereocenters. The fraction of sp³-hybridized carbons (Fsp3) is 1.00. The molecule has 0 radical (unpaired) electrons. The van der Waals surface area contributed by atoms with Crippen molar-refractivity contribution in [3.8, 4) is 0 Å². The molecule has 72 valence electrons. The molecule has 0 spiro atoms. The molecular formula is C10H22NO+. The number of hydrogen-bond acceptors (Lipinski definition) is 1. The van der Waals surface area contributed by atoms with Crippen LogP contribution in [0.2, 0.25) is 0 Å². The minimum absolute atomic E-state index is 0.415. The predicted molar refractivity (Wildman–Crippen MR) is 51.0 cm³/mol. The maximum absolute atomic E-state index is 5.24. The molecule has 0 aromatic heterocycles. The summed E-state index contributed by atoms with van der Waals surface area (Å²) in [6.45, 7) is 10.2. The fourth-order valence-corrected chi connectivity index (χ4v) is 2.07. The average molecular weight is 172 g/mol. The molecule has 0 N–H and O–H groups in total. The van der Waals surface area contributed by atoms with Gasteiger partial charge in [-0.05, 0) is 0 Å². The number of rotatable bonds is 3. The lowest BCUT2D eigenvalue weighted by Gasteiger charge is -2.35. The van der Waals surface area contributed by atoms with Gasteiger partial charge >= 0.3 is 0 Å². The van der Waals surface area contributed by atoms with E-state index in [2.05, 4.69) is 34.9 Å². The van der Waals surface area contributed by atoms with Crippen LogP contribution in [0.5, 0.6) is 0 Å². The van der Waals surface area contributed by atoms with E-state index in [0.29, 0.717) is 11.5 Å². The highest BCUT2D eigenvalue weighted by molar-refractivity contribution is 4.69. The van der Waals surface area contributed by atoms with Crippen molar-refractivity contribution in [1.29, 1.82) is 0 Å². The summed E-state index contributed by atoms with van der Waals surface area (Å²) in [6.07, 6.45) is 0.544. The van der Waals surface area contributed by atoms with Gasteiger partial charge < -0.3 is 9.22 Å². The zero-order valence-electron chi connectivity index (χ0n) is 9.05. The van der Waals surface area contributed by atoms with Gasteiger partial charge in [-0.3, -0.25) is 0 Å². The van der Waals surface area contributed by atoms with E-state index in [1.54, 1.807) is 0 Å². The number of epoxide rings is 1. The van der Waals surface area contributed by atoms with Gasteiger partial charge in [-0.1, -0.05) is 20.8 Å². The van der Waals surface area contributed by atoms with Gasteiger partial charge in [-0.15, -0.1) is 0 Å². The van der Waals surface area contributed by atoms with Crippen molar-refractivity contribution in [3.05, 3.63) is 0 Å². The number of nitrogens with zero attached hydrogens (tertiary/aromatic N) is 1. The molecule has 0 saturated carbocycles. The number of hydrogen-bond donors (Lipinski definition) is 0. The van der Waals surface area contributed by atoms with Crippen LogP contribution in [0.4, 0.5) is 0 Å². The van der Waals surface area contributed by atoms with Gasteiger partial charge in [-0.2, -0.15) is 0 Å².